The molecule has 0 saturated heterocycles. The van der Waals surface area contributed by atoms with Crippen molar-refractivity contribution in [2.24, 2.45) is 5.84 Å². The van der Waals surface area contributed by atoms with Gasteiger partial charge >= 0.3 is 0 Å². The number of nitrogen functional groups attached to an aromatic ring is 1. The first kappa shape index (κ1) is 8.58. The van der Waals surface area contributed by atoms with E-state index in [1.165, 1.54) is 0 Å². The van der Waals surface area contributed by atoms with E-state index < -0.39 is 0 Å². The molecule has 0 bridgehead atoms. The van der Waals surface area contributed by atoms with Gasteiger partial charge in [-0.25, -0.2) is 5.84 Å². The topological polar surface area (TPSA) is 91.1 Å². The van der Waals surface area contributed by atoms with Crippen LogP contribution in [0.5, 0.6) is 5.75 Å². The number of carbonyl (C=O) groups is 1. The summed E-state index contributed by atoms with van der Waals surface area (Å²) in [4.78, 5) is 14.0. The zero-order valence-electron chi connectivity index (χ0n) is 7.24. The van der Waals surface area contributed by atoms with E-state index in [1.54, 1.807) is 24.3 Å². The summed E-state index contributed by atoms with van der Waals surface area (Å²) in [6, 6.07) is 6.48. The molecule has 0 radical (unpaired) electrons. The molecule has 0 fully saturated rings. The zero-order valence-corrected chi connectivity index (χ0v) is 7.24. The summed E-state index contributed by atoms with van der Waals surface area (Å²) in [5.74, 6) is 4.75. The maximum Gasteiger partial charge on any atom is 0.281 e. The first-order valence-electron chi connectivity index (χ1n) is 4.03. The molecular formula is C9H9N3O2. The van der Waals surface area contributed by atoms with Crippen molar-refractivity contribution >= 4 is 16.8 Å². The van der Waals surface area contributed by atoms with Crippen LogP contribution in [0.2, 0.25) is 0 Å². The molecular weight excluding hydrogens is 182 g/mol. The van der Waals surface area contributed by atoms with Crippen LogP contribution in [0.3, 0.4) is 0 Å². The van der Waals surface area contributed by atoms with E-state index in [-0.39, 0.29) is 11.7 Å². The molecule has 2 aromatic rings. The normalized spacial score (nSPS) is 10.4. The lowest BCUT2D eigenvalue weighted by Crippen LogP contribution is -2.30. The third-order valence-corrected chi connectivity index (χ3v) is 1.98. The zero-order chi connectivity index (χ0) is 10.1. The highest BCUT2D eigenvalue weighted by atomic mass is 16.3. The molecule has 0 aliphatic heterocycles. The van der Waals surface area contributed by atoms with Crippen molar-refractivity contribution in [3.63, 3.8) is 0 Å². The Morgan fingerprint density at radius 2 is 2.21 bits per heavy atom. The summed E-state index contributed by atoms with van der Waals surface area (Å²) in [6.45, 7) is 0. The predicted molar refractivity (Wildman–Crippen MR) is 51.6 cm³/mol. The molecule has 1 heterocycles. The molecule has 72 valence electrons. The van der Waals surface area contributed by atoms with E-state index in [9.17, 15) is 9.90 Å². The number of fused-ring (bicyclic) bond motifs is 1. The van der Waals surface area contributed by atoms with Gasteiger partial charge in [-0.05, 0) is 18.2 Å². The summed E-state index contributed by atoms with van der Waals surface area (Å²) in [6.07, 6.45) is 0. The number of aromatic hydroxyl groups is 1. The Morgan fingerprint density at radius 3 is 2.93 bits per heavy atom. The lowest BCUT2D eigenvalue weighted by molar-refractivity contribution is 0.0949. The van der Waals surface area contributed by atoms with Crippen LogP contribution in [0.15, 0.2) is 24.3 Å². The van der Waals surface area contributed by atoms with Gasteiger partial charge < -0.3 is 10.1 Å². The maximum absolute atomic E-state index is 11.1. The number of carbonyl (C=O) groups excluding carboxylic acids is 1. The summed E-state index contributed by atoms with van der Waals surface area (Å²) in [5, 5.41) is 10.0. The van der Waals surface area contributed by atoms with E-state index in [4.69, 9.17) is 5.84 Å². The number of phenolic OH excluding ortho intramolecular Hbond substituents is 1. The van der Waals surface area contributed by atoms with Crippen LogP contribution in [0, 0.1) is 0 Å². The largest absolute Gasteiger partial charge is 0.508 e. The monoisotopic (exact) mass is 191 g/mol. The number of nitrogens with one attached hydrogen (secondary N) is 2. The lowest BCUT2D eigenvalue weighted by atomic mass is 10.2. The molecule has 14 heavy (non-hydrogen) atoms. The van der Waals surface area contributed by atoms with E-state index in [0.717, 1.165) is 5.39 Å². The van der Waals surface area contributed by atoms with Gasteiger partial charge in [0.05, 0.1) is 0 Å². The average molecular weight is 191 g/mol. The third kappa shape index (κ3) is 1.29. The first-order chi connectivity index (χ1) is 6.70. The van der Waals surface area contributed by atoms with Crippen LogP contribution in [-0.2, 0) is 0 Å². The van der Waals surface area contributed by atoms with Gasteiger partial charge in [0.2, 0.25) is 0 Å². The molecule has 5 heteroatoms. The summed E-state index contributed by atoms with van der Waals surface area (Å²) in [5.41, 5.74) is 3.09. The molecule has 0 unspecified atom stereocenters. The molecule has 2 rings (SSSR count). The number of amides is 1. The molecule has 0 saturated carbocycles. The van der Waals surface area contributed by atoms with Gasteiger partial charge in [0, 0.05) is 17.0 Å². The van der Waals surface area contributed by atoms with Crippen molar-refractivity contribution < 1.29 is 9.90 Å². The van der Waals surface area contributed by atoms with Gasteiger partial charge in [-0.2, -0.15) is 0 Å². The molecule has 0 aliphatic carbocycles. The van der Waals surface area contributed by atoms with Gasteiger partial charge in [-0.15, -0.1) is 0 Å². The Balaban J connectivity index is 2.56. The highest BCUT2D eigenvalue weighted by Crippen LogP contribution is 2.20. The fraction of sp³-hybridized carbons (Fsp3) is 0. The molecule has 1 aromatic heterocycles. The standard InChI is InChI=1S/C9H9N3O2/c10-12-9(14)8-3-5-1-2-6(13)4-7(5)11-8/h1-4,11,13H,10H2,(H,12,14). The van der Waals surface area contributed by atoms with Crippen molar-refractivity contribution in [2.45, 2.75) is 0 Å². The minimum absolute atomic E-state index is 0.152. The van der Waals surface area contributed by atoms with Crippen molar-refractivity contribution in [1.82, 2.24) is 10.4 Å². The number of hydrogen-bond acceptors (Lipinski definition) is 3. The number of phenols is 1. The van der Waals surface area contributed by atoms with E-state index in [0.29, 0.717) is 11.2 Å². The number of nitrogens with two attached hydrogens (primary N) is 1. The summed E-state index contributed by atoms with van der Waals surface area (Å²) >= 11 is 0. The SMILES string of the molecule is NNC(=O)c1cc2ccc(O)cc2[nH]1. The predicted octanol–water partition coefficient (Wildman–Crippen LogP) is 0.477. The Bertz CT molecular complexity index is 490. The van der Waals surface area contributed by atoms with Crippen molar-refractivity contribution in [3.05, 3.63) is 30.0 Å². The van der Waals surface area contributed by atoms with E-state index >= 15 is 0 Å². The Morgan fingerprint density at radius 1 is 1.43 bits per heavy atom. The van der Waals surface area contributed by atoms with Crippen LogP contribution in [0.1, 0.15) is 10.5 Å². The second kappa shape index (κ2) is 3.04. The molecule has 1 amide bonds. The molecule has 5 nitrogen and oxygen atoms in total. The Labute approximate surface area is 79.5 Å². The molecule has 1 aromatic carbocycles. The number of benzene rings is 1. The minimum Gasteiger partial charge on any atom is -0.508 e. The minimum atomic E-state index is -0.388. The second-order valence-electron chi connectivity index (χ2n) is 2.93. The van der Waals surface area contributed by atoms with Crippen LogP contribution < -0.4 is 11.3 Å². The Hall–Kier alpha value is -2.01. The lowest BCUT2D eigenvalue weighted by Gasteiger charge is -1.92. The van der Waals surface area contributed by atoms with Gasteiger partial charge in [0.25, 0.3) is 5.91 Å². The van der Waals surface area contributed by atoms with Crippen molar-refractivity contribution in [1.29, 1.82) is 0 Å². The fourth-order valence-electron chi connectivity index (χ4n) is 1.32. The average Bonchev–Trinajstić information content (AvgIpc) is 2.59. The number of H-pyrrole nitrogens is 1. The fourth-order valence-corrected chi connectivity index (χ4v) is 1.32. The third-order valence-electron chi connectivity index (χ3n) is 1.98. The van der Waals surface area contributed by atoms with Gasteiger partial charge in [-0.1, -0.05) is 0 Å². The van der Waals surface area contributed by atoms with Crippen LogP contribution in [-0.4, -0.2) is 16.0 Å². The van der Waals surface area contributed by atoms with Crippen LogP contribution in [0.4, 0.5) is 0 Å². The molecule has 0 aliphatic rings. The molecule has 0 spiro atoms. The summed E-state index contributed by atoms with van der Waals surface area (Å²) < 4.78 is 0. The number of hydrazine groups is 1. The highest BCUT2D eigenvalue weighted by molar-refractivity contribution is 5.97. The highest BCUT2D eigenvalue weighted by Gasteiger charge is 2.07. The molecule has 0 atom stereocenters. The van der Waals surface area contributed by atoms with Crippen molar-refractivity contribution in [2.75, 3.05) is 0 Å². The van der Waals surface area contributed by atoms with Crippen molar-refractivity contribution in [3.8, 4) is 5.75 Å². The second-order valence-corrected chi connectivity index (χ2v) is 2.93. The number of aromatic nitrogens is 1. The van der Waals surface area contributed by atoms with Gasteiger partial charge in [0.1, 0.15) is 11.4 Å². The van der Waals surface area contributed by atoms with E-state index in [1.807, 2.05) is 5.43 Å². The van der Waals surface area contributed by atoms with Gasteiger partial charge in [-0.3, -0.25) is 10.2 Å². The van der Waals surface area contributed by atoms with Gasteiger partial charge in [0.15, 0.2) is 0 Å². The smallest absolute Gasteiger partial charge is 0.281 e. The van der Waals surface area contributed by atoms with Crippen LogP contribution >= 0.6 is 0 Å². The molecule has 5 N–H and O–H groups in total. The first-order valence-corrected chi connectivity index (χ1v) is 4.03. The van der Waals surface area contributed by atoms with E-state index in [2.05, 4.69) is 4.98 Å². The summed E-state index contributed by atoms with van der Waals surface area (Å²) in [7, 11) is 0. The maximum atomic E-state index is 11.1. The Kier molecular flexibility index (Phi) is 1.86. The number of rotatable bonds is 1. The quantitative estimate of drug-likeness (QED) is 0.300. The van der Waals surface area contributed by atoms with Crippen LogP contribution in [0.25, 0.3) is 10.9 Å². The number of hydrogen-bond donors (Lipinski definition) is 4. The number of aromatic amines is 1.